The molecule has 0 radical (unpaired) electrons. The topological polar surface area (TPSA) is 66.4 Å². The third kappa shape index (κ3) is 4.72. The van der Waals surface area contributed by atoms with Crippen molar-refractivity contribution in [2.45, 2.75) is 38.1 Å². The smallest absolute Gasteiger partial charge is 0.306 e. The van der Waals surface area contributed by atoms with Crippen molar-refractivity contribution < 1.29 is 14.7 Å². The van der Waals surface area contributed by atoms with Crippen LogP contribution in [0.3, 0.4) is 0 Å². The average molecular weight is 508 g/mol. The molecule has 2 aliphatic carbocycles. The maximum atomic E-state index is 13.4. The molecule has 2 saturated carbocycles. The first-order valence-corrected chi connectivity index (χ1v) is 13.7. The first-order chi connectivity index (χ1) is 18.0. The highest BCUT2D eigenvalue weighted by Crippen LogP contribution is 2.58. The fourth-order valence-electron chi connectivity index (χ4n) is 6.07. The lowest BCUT2D eigenvalue weighted by Gasteiger charge is -2.56. The van der Waals surface area contributed by atoms with E-state index in [4.69, 9.17) is 0 Å². The Morgan fingerprint density at radius 2 is 1.41 bits per heavy atom. The van der Waals surface area contributed by atoms with Gasteiger partial charge in [-0.05, 0) is 65.3 Å². The van der Waals surface area contributed by atoms with Gasteiger partial charge in [0.2, 0.25) is 0 Å². The van der Waals surface area contributed by atoms with E-state index in [2.05, 4.69) is 53.8 Å². The van der Waals surface area contributed by atoms with E-state index in [1.807, 2.05) is 41.8 Å². The number of rotatable bonds is 7. The van der Waals surface area contributed by atoms with Crippen LogP contribution in [0.2, 0.25) is 0 Å². The Balaban J connectivity index is 1.21. The van der Waals surface area contributed by atoms with Crippen molar-refractivity contribution in [3.63, 3.8) is 0 Å². The number of aliphatic carboxylic acids is 1. The molecule has 2 N–H and O–H groups in total. The maximum absolute atomic E-state index is 13.4. The van der Waals surface area contributed by atoms with Gasteiger partial charge in [-0.15, -0.1) is 11.3 Å². The third-order valence-electron chi connectivity index (χ3n) is 8.02. The van der Waals surface area contributed by atoms with Crippen molar-refractivity contribution in [1.82, 2.24) is 5.32 Å². The Morgan fingerprint density at radius 3 is 2.03 bits per heavy atom. The molecule has 2 fully saturated rings. The number of thiophene rings is 1. The molecule has 0 bridgehead atoms. The van der Waals surface area contributed by atoms with Crippen LogP contribution in [0.15, 0.2) is 90.3 Å². The standard InChI is InChI=1S/C32H29NO3S/c34-30(33-26-18-32(19-26)16-25(17-32)31(35)36)28-20-37-29(24-9-5-2-6-10-24)27(28)15-21-11-13-23(14-12-21)22-7-3-1-4-8-22/h1-14,20,25-26H,15-19H2,(H,33,34)(H,35,36). The molecule has 4 aromatic rings. The first-order valence-electron chi connectivity index (χ1n) is 12.8. The van der Waals surface area contributed by atoms with Gasteiger partial charge in [-0.2, -0.15) is 0 Å². The molecule has 186 valence electrons. The Labute approximate surface area is 221 Å². The molecular formula is C32H29NO3S. The van der Waals surface area contributed by atoms with E-state index in [0.717, 1.165) is 47.3 Å². The van der Waals surface area contributed by atoms with Gasteiger partial charge in [0, 0.05) is 16.3 Å². The maximum Gasteiger partial charge on any atom is 0.306 e. The Hall–Kier alpha value is -3.70. The number of carbonyl (C=O) groups excluding carboxylic acids is 1. The number of carboxylic acids is 1. The van der Waals surface area contributed by atoms with Gasteiger partial charge < -0.3 is 10.4 Å². The van der Waals surface area contributed by atoms with Gasteiger partial charge in [0.05, 0.1) is 11.5 Å². The van der Waals surface area contributed by atoms with E-state index in [1.165, 1.54) is 16.7 Å². The zero-order valence-corrected chi connectivity index (χ0v) is 21.3. The van der Waals surface area contributed by atoms with Crippen LogP contribution in [0.1, 0.15) is 47.2 Å². The molecule has 0 atom stereocenters. The van der Waals surface area contributed by atoms with E-state index in [0.29, 0.717) is 6.42 Å². The van der Waals surface area contributed by atoms with Crippen molar-refractivity contribution >= 4 is 23.2 Å². The summed E-state index contributed by atoms with van der Waals surface area (Å²) < 4.78 is 0. The van der Waals surface area contributed by atoms with Crippen molar-refractivity contribution in [3.8, 4) is 21.6 Å². The predicted octanol–water partition coefficient (Wildman–Crippen LogP) is 7.05. The fraction of sp³-hybridized carbons (Fsp3) is 0.250. The molecule has 1 amide bonds. The molecule has 6 rings (SSSR count). The van der Waals surface area contributed by atoms with Crippen molar-refractivity contribution in [3.05, 3.63) is 107 Å². The number of nitrogens with one attached hydrogen (secondary N) is 1. The monoisotopic (exact) mass is 507 g/mol. The van der Waals surface area contributed by atoms with E-state index in [1.54, 1.807) is 11.3 Å². The second kappa shape index (κ2) is 9.64. The Kier molecular flexibility index (Phi) is 6.17. The lowest BCUT2D eigenvalue weighted by Crippen LogP contribution is -2.57. The van der Waals surface area contributed by atoms with Crippen LogP contribution in [-0.4, -0.2) is 23.0 Å². The van der Waals surface area contributed by atoms with E-state index in [9.17, 15) is 14.7 Å². The van der Waals surface area contributed by atoms with Crippen molar-refractivity contribution in [2.24, 2.45) is 11.3 Å². The predicted molar refractivity (Wildman–Crippen MR) is 148 cm³/mol. The Bertz CT molecular complexity index is 1410. The van der Waals surface area contributed by atoms with E-state index in [-0.39, 0.29) is 23.3 Å². The largest absolute Gasteiger partial charge is 0.481 e. The Morgan fingerprint density at radius 1 is 0.811 bits per heavy atom. The van der Waals surface area contributed by atoms with Crippen LogP contribution < -0.4 is 5.32 Å². The van der Waals surface area contributed by atoms with Crippen molar-refractivity contribution in [2.75, 3.05) is 0 Å². The van der Waals surface area contributed by atoms with Crippen LogP contribution in [-0.2, 0) is 11.2 Å². The summed E-state index contributed by atoms with van der Waals surface area (Å²) >= 11 is 1.62. The van der Waals surface area contributed by atoms with Gasteiger partial charge in [-0.1, -0.05) is 84.9 Å². The summed E-state index contributed by atoms with van der Waals surface area (Å²) in [5.74, 6) is -0.920. The lowest BCUT2D eigenvalue weighted by molar-refractivity contribution is -0.155. The molecule has 2 aliphatic rings. The minimum atomic E-state index is -0.689. The normalized spacial score (nSPS) is 22.2. The van der Waals surface area contributed by atoms with Crippen LogP contribution >= 0.6 is 11.3 Å². The molecule has 1 heterocycles. The first kappa shape index (κ1) is 23.7. The highest BCUT2D eigenvalue weighted by molar-refractivity contribution is 7.14. The fourth-order valence-corrected chi connectivity index (χ4v) is 7.16. The molecule has 4 nitrogen and oxygen atoms in total. The number of carboxylic acid groups (broad SMARTS) is 1. The van der Waals surface area contributed by atoms with Gasteiger partial charge in [-0.25, -0.2) is 0 Å². The van der Waals surface area contributed by atoms with Gasteiger partial charge in [0.1, 0.15) is 0 Å². The number of amides is 1. The molecule has 0 saturated heterocycles. The molecule has 0 aliphatic heterocycles. The quantitative estimate of drug-likeness (QED) is 0.282. The molecule has 37 heavy (non-hydrogen) atoms. The zero-order valence-electron chi connectivity index (χ0n) is 20.5. The van der Waals surface area contributed by atoms with Crippen LogP contribution in [0.25, 0.3) is 21.6 Å². The summed E-state index contributed by atoms with van der Waals surface area (Å²) in [6.45, 7) is 0. The van der Waals surface area contributed by atoms with Crippen LogP contribution in [0.4, 0.5) is 0 Å². The van der Waals surface area contributed by atoms with Gasteiger partial charge in [0.15, 0.2) is 0 Å². The average Bonchev–Trinajstić information content (AvgIpc) is 3.29. The van der Waals surface area contributed by atoms with Gasteiger partial charge in [0.25, 0.3) is 5.91 Å². The number of benzene rings is 3. The van der Waals surface area contributed by atoms with Gasteiger partial charge in [-0.3, -0.25) is 9.59 Å². The minimum Gasteiger partial charge on any atom is -0.481 e. The molecule has 1 aromatic heterocycles. The molecule has 1 spiro atoms. The summed E-state index contributed by atoms with van der Waals surface area (Å²) in [5.41, 5.74) is 6.60. The van der Waals surface area contributed by atoms with Crippen LogP contribution in [0, 0.1) is 11.3 Å². The number of hydrogen-bond donors (Lipinski definition) is 2. The zero-order chi connectivity index (χ0) is 25.4. The highest BCUT2D eigenvalue weighted by atomic mass is 32.1. The highest BCUT2D eigenvalue weighted by Gasteiger charge is 2.55. The molecule has 5 heteroatoms. The lowest BCUT2D eigenvalue weighted by atomic mass is 9.50. The summed E-state index contributed by atoms with van der Waals surface area (Å²) in [6.07, 6.45) is 3.94. The minimum absolute atomic E-state index is 0.0247. The summed E-state index contributed by atoms with van der Waals surface area (Å²) in [4.78, 5) is 25.7. The van der Waals surface area contributed by atoms with Crippen molar-refractivity contribution in [1.29, 1.82) is 0 Å². The molecule has 0 unspecified atom stereocenters. The second-order valence-electron chi connectivity index (χ2n) is 10.6. The molecular weight excluding hydrogens is 478 g/mol. The van der Waals surface area contributed by atoms with Gasteiger partial charge >= 0.3 is 5.97 Å². The SMILES string of the molecule is O=C(NC1CC2(C1)CC(C(=O)O)C2)c1csc(-c2ccccc2)c1Cc1ccc(-c2ccccc2)cc1. The molecule has 3 aromatic carbocycles. The number of carbonyl (C=O) groups is 2. The van der Waals surface area contributed by atoms with E-state index < -0.39 is 5.97 Å². The van der Waals surface area contributed by atoms with Crippen LogP contribution in [0.5, 0.6) is 0 Å². The second-order valence-corrected chi connectivity index (χ2v) is 11.5. The summed E-state index contributed by atoms with van der Waals surface area (Å²) in [5, 5.41) is 14.4. The van der Waals surface area contributed by atoms with E-state index >= 15 is 0 Å². The number of hydrogen-bond acceptors (Lipinski definition) is 3. The summed E-state index contributed by atoms with van der Waals surface area (Å²) in [7, 11) is 0. The third-order valence-corrected chi connectivity index (χ3v) is 9.09. The summed E-state index contributed by atoms with van der Waals surface area (Å²) in [6, 6.07) is 29.3.